The number of hydrogen-bond acceptors (Lipinski definition) is 5. The minimum Gasteiger partial charge on any atom is -0.490 e. The molecule has 5 nitrogen and oxygen atoms in total. The Morgan fingerprint density at radius 1 is 1.16 bits per heavy atom. The van der Waals surface area contributed by atoms with Crippen molar-refractivity contribution in [2.75, 3.05) is 19.7 Å². The molecule has 0 saturated carbocycles. The van der Waals surface area contributed by atoms with Crippen LogP contribution in [0, 0.1) is 0 Å². The second-order valence-corrected chi connectivity index (χ2v) is 8.82. The van der Waals surface area contributed by atoms with Crippen molar-refractivity contribution in [3.63, 3.8) is 0 Å². The highest BCUT2D eigenvalue weighted by Gasteiger charge is 2.32. The molecule has 3 rings (SSSR count). The minimum absolute atomic E-state index is 0.0383. The van der Waals surface area contributed by atoms with Gasteiger partial charge in [-0.2, -0.15) is 0 Å². The number of ether oxygens (including phenoxy) is 2. The first kappa shape index (κ1) is 23.7. The van der Waals surface area contributed by atoms with Gasteiger partial charge in [0.05, 0.1) is 11.5 Å². The van der Waals surface area contributed by atoms with E-state index < -0.39 is 0 Å². The summed E-state index contributed by atoms with van der Waals surface area (Å²) in [6.07, 6.45) is 1.86. The molecule has 0 N–H and O–H groups in total. The lowest BCUT2D eigenvalue weighted by molar-refractivity contribution is -0.122. The van der Waals surface area contributed by atoms with Gasteiger partial charge in [0, 0.05) is 28.1 Å². The number of likely N-dealkylation sites (N-methyl/N-ethyl adjacent to an activating group) is 1. The van der Waals surface area contributed by atoms with Crippen LogP contribution in [0.15, 0.2) is 50.8 Å². The van der Waals surface area contributed by atoms with Gasteiger partial charge in [0.2, 0.25) is 0 Å². The predicted octanol–water partition coefficient (Wildman–Crippen LogP) is 6.39. The zero-order valence-electron chi connectivity index (χ0n) is 17.7. The van der Waals surface area contributed by atoms with Gasteiger partial charge in [-0.05, 0) is 62.4 Å². The number of nitrogens with zero attached hydrogens (tertiary/aromatic N) is 2. The standard InChI is InChI=1S/C23H24BrClN2O3S/c1-4-26-23-27(5-2)22(28)21(31-23)12-16-11-19(29-6-3)20(13-17(16)24)30-14-15-9-7-8-10-18(15)25/h7-13H,4-6,14H2,1-3H3/b21-12-,26-23?. The van der Waals surface area contributed by atoms with Crippen molar-refractivity contribution in [2.24, 2.45) is 4.99 Å². The van der Waals surface area contributed by atoms with Crippen LogP contribution in [-0.4, -0.2) is 35.7 Å². The lowest BCUT2D eigenvalue weighted by Gasteiger charge is -2.15. The fourth-order valence-electron chi connectivity index (χ4n) is 2.99. The third kappa shape index (κ3) is 5.64. The first-order chi connectivity index (χ1) is 15.0. The summed E-state index contributed by atoms with van der Waals surface area (Å²) in [7, 11) is 0. The molecule has 0 aromatic heterocycles. The lowest BCUT2D eigenvalue weighted by Crippen LogP contribution is -2.28. The highest BCUT2D eigenvalue weighted by Crippen LogP contribution is 2.38. The molecule has 0 radical (unpaired) electrons. The summed E-state index contributed by atoms with van der Waals surface area (Å²) in [6.45, 7) is 7.85. The maximum atomic E-state index is 12.8. The fraction of sp³-hybridized carbons (Fsp3) is 0.304. The summed E-state index contributed by atoms with van der Waals surface area (Å²) >= 11 is 11.2. The first-order valence-corrected chi connectivity index (χ1v) is 12.1. The number of rotatable bonds is 8. The maximum absolute atomic E-state index is 12.8. The molecule has 31 heavy (non-hydrogen) atoms. The number of hydrogen-bond donors (Lipinski definition) is 0. The van der Waals surface area contributed by atoms with E-state index in [9.17, 15) is 4.79 Å². The van der Waals surface area contributed by atoms with Crippen LogP contribution >= 0.6 is 39.3 Å². The van der Waals surface area contributed by atoms with E-state index in [1.165, 1.54) is 11.8 Å². The molecular formula is C23H24BrClN2O3S. The van der Waals surface area contributed by atoms with Crippen LogP contribution in [0.3, 0.4) is 0 Å². The molecule has 0 aliphatic carbocycles. The third-order valence-corrected chi connectivity index (χ3v) is 6.59. The van der Waals surface area contributed by atoms with Crippen LogP contribution in [0.25, 0.3) is 6.08 Å². The highest BCUT2D eigenvalue weighted by atomic mass is 79.9. The van der Waals surface area contributed by atoms with Gasteiger partial charge in [0.1, 0.15) is 6.61 Å². The zero-order chi connectivity index (χ0) is 22.4. The zero-order valence-corrected chi connectivity index (χ0v) is 20.8. The normalized spacial score (nSPS) is 16.4. The molecule has 0 atom stereocenters. The van der Waals surface area contributed by atoms with Gasteiger partial charge in [-0.15, -0.1) is 0 Å². The summed E-state index contributed by atoms with van der Waals surface area (Å²) in [6, 6.07) is 11.3. The minimum atomic E-state index is -0.0383. The molecule has 1 amide bonds. The summed E-state index contributed by atoms with van der Waals surface area (Å²) in [4.78, 5) is 19.5. The Kier molecular flexibility index (Phi) is 8.46. The molecule has 0 spiro atoms. The molecule has 1 fully saturated rings. The molecular weight excluding hydrogens is 500 g/mol. The van der Waals surface area contributed by atoms with Crippen LogP contribution < -0.4 is 9.47 Å². The summed E-state index contributed by atoms with van der Waals surface area (Å²) in [5.41, 5.74) is 1.72. The average Bonchev–Trinajstić information content (AvgIpc) is 3.04. The van der Waals surface area contributed by atoms with Gasteiger partial charge in [-0.1, -0.05) is 45.7 Å². The molecule has 1 aliphatic rings. The average molecular weight is 524 g/mol. The smallest absolute Gasteiger partial charge is 0.266 e. The summed E-state index contributed by atoms with van der Waals surface area (Å²) < 4.78 is 12.6. The molecule has 2 aromatic carbocycles. The van der Waals surface area contributed by atoms with Crippen LogP contribution in [0.5, 0.6) is 11.5 Å². The molecule has 164 valence electrons. The number of thioether (sulfide) groups is 1. The topological polar surface area (TPSA) is 51.1 Å². The molecule has 0 bridgehead atoms. The largest absolute Gasteiger partial charge is 0.490 e. The highest BCUT2D eigenvalue weighted by molar-refractivity contribution is 9.10. The Hall–Kier alpha value is -1.96. The van der Waals surface area contributed by atoms with Crippen molar-refractivity contribution in [3.8, 4) is 11.5 Å². The third-order valence-electron chi connectivity index (χ3n) is 4.49. The fourth-order valence-corrected chi connectivity index (χ4v) is 4.72. The first-order valence-electron chi connectivity index (χ1n) is 10.1. The number of amidine groups is 1. The second-order valence-electron chi connectivity index (χ2n) is 6.55. The van der Waals surface area contributed by atoms with E-state index in [1.807, 2.05) is 63.2 Å². The molecule has 8 heteroatoms. The van der Waals surface area contributed by atoms with E-state index >= 15 is 0 Å². The van der Waals surface area contributed by atoms with Crippen LogP contribution in [-0.2, 0) is 11.4 Å². The summed E-state index contributed by atoms with van der Waals surface area (Å²) in [5, 5.41) is 1.39. The molecule has 1 saturated heterocycles. The number of benzene rings is 2. The maximum Gasteiger partial charge on any atom is 0.266 e. The van der Waals surface area contributed by atoms with Crippen molar-refractivity contribution in [3.05, 3.63) is 61.9 Å². The number of carbonyl (C=O) groups excluding carboxylic acids is 1. The van der Waals surface area contributed by atoms with E-state index in [1.54, 1.807) is 4.90 Å². The number of carbonyl (C=O) groups is 1. The van der Waals surface area contributed by atoms with Crippen molar-refractivity contribution < 1.29 is 14.3 Å². The Bertz CT molecular complexity index is 1030. The van der Waals surface area contributed by atoms with Crippen LogP contribution in [0.1, 0.15) is 31.9 Å². The van der Waals surface area contributed by atoms with Gasteiger partial charge >= 0.3 is 0 Å². The quantitative estimate of drug-likeness (QED) is 0.376. The summed E-state index contributed by atoms with van der Waals surface area (Å²) in [5.74, 6) is 1.17. The van der Waals surface area contributed by atoms with Gasteiger partial charge < -0.3 is 9.47 Å². The van der Waals surface area contributed by atoms with Crippen LogP contribution in [0.2, 0.25) is 5.02 Å². The van der Waals surface area contributed by atoms with Crippen LogP contribution in [0.4, 0.5) is 0 Å². The molecule has 0 unspecified atom stereocenters. The Balaban J connectivity index is 1.90. The SMILES string of the molecule is CCN=C1S/C(=C\c2cc(OCC)c(OCc3ccccc3Cl)cc2Br)C(=O)N1CC. The Morgan fingerprint density at radius 3 is 2.58 bits per heavy atom. The van der Waals surface area contributed by atoms with Crippen molar-refractivity contribution in [2.45, 2.75) is 27.4 Å². The monoisotopic (exact) mass is 522 g/mol. The predicted molar refractivity (Wildman–Crippen MR) is 132 cm³/mol. The lowest BCUT2D eigenvalue weighted by atomic mass is 10.1. The van der Waals surface area contributed by atoms with E-state index in [-0.39, 0.29) is 5.91 Å². The van der Waals surface area contributed by atoms with E-state index in [4.69, 9.17) is 21.1 Å². The molecule has 2 aromatic rings. The Morgan fingerprint density at radius 2 is 1.90 bits per heavy atom. The van der Waals surface area contributed by atoms with Gasteiger partial charge in [-0.3, -0.25) is 14.7 Å². The molecule has 1 aliphatic heterocycles. The van der Waals surface area contributed by atoms with E-state index in [0.717, 1.165) is 20.8 Å². The van der Waals surface area contributed by atoms with Crippen molar-refractivity contribution in [1.82, 2.24) is 4.90 Å². The second kappa shape index (κ2) is 11.1. The van der Waals surface area contributed by atoms with Crippen molar-refractivity contribution in [1.29, 1.82) is 0 Å². The van der Waals surface area contributed by atoms with Gasteiger partial charge in [0.25, 0.3) is 5.91 Å². The van der Waals surface area contributed by atoms with Gasteiger partial charge in [-0.25, -0.2) is 0 Å². The Labute approximate surface area is 200 Å². The van der Waals surface area contributed by atoms with E-state index in [0.29, 0.717) is 47.7 Å². The van der Waals surface area contributed by atoms with Crippen molar-refractivity contribution >= 4 is 56.4 Å². The number of halogens is 2. The van der Waals surface area contributed by atoms with Gasteiger partial charge in [0.15, 0.2) is 16.7 Å². The number of amides is 1. The van der Waals surface area contributed by atoms with E-state index in [2.05, 4.69) is 20.9 Å². The number of aliphatic imine (C=N–C) groups is 1. The molecule has 1 heterocycles.